The molecule has 0 aliphatic carbocycles. The van der Waals surface area contributed by atoms with Crippen molar-refractivity contribution < 1.29 is 26.8 Å². The Morgan fingerprint density at radius 3 is 2.11 bits per heavy atom. The van der Waals surface area contributed by atoms with Crippen molar-refractivity contribution in [1.82, 2.24) is 19.8 Å². The highest BCUT2D eigenvalue weighted by molar-refractivity contribution is 7.89. The average Bonchev–Trinajstić information content (AvgIpc) is 2.78. The molecule has 2 aliphatic heterocycles. The zero-order valence-corrected chi connectivity index (χ0v) is 22.8. The van der Waals surface area contributed by atoms with E-state index in [1.807, 2.05) is 32.6 Å². The van der Waals surface area contributed by atoms with Gasteiger partial charge in [-0.05, 0) is 70.9 Å². The number of carbonyl (C=O) groups is 2. The van der Waals surface area contributed by atoms with E-state index in [2.05, 4.69) is 17.2 Å². The molecule has 206 valence electrons. The van der Waals surface area contributed by atoms with Crippen LogP contribution in [-0.2, 0) is 14.8 Å². The Balaban J connectivity index is 1.65. The number of likely N-dealkylation sites (tertiary alicyclic amines) is 1. The first-order valence-corrected chi connectivity index (χ1v) is 14.0. The number of hydrogen-bond acceptors (Lipinski definition) is 5. The van der Waals surface area contributed by atoms with Crippen LogP contribution >= 0.6 is 0 Å². The molecule has 11 heteroatoms. The summed E-state index contributed by atoms with van der Waals surface area (Å²) in [5, 5.41) is 5.66. The molecule has 3 rings (SSSR count). The van der Waals surface area contributed by atoms with Gasteiger partial charge >= 0.3 is 0 Å². The maximum atomic E-state index is 13.7. The lowest BCUT2D eigenvalue weighted by Gasteiger charge is -2.53. The number of hydrogen-bond donors (Lipinski definition) is 2. The van der Waals surface area contributed by atoms with E-state index >= 15 is 0 Å². The van der Waals surface area contributed by atoms with Crippen molar-refractivity contribution in [3.8, 4) is 0 Å². The first-order chi connectivity index (χ1) is 17.1. The van der Waals surface area contributed by atoms with Crippen molar-refractivity contribution in [2.75, 3.05) is 26.2 Å². The highest BCUT2D eigenvalue weighted by Crippen LogP contribution is 2.42. The highest BCUT2D eigenvalue weighted by atomic mass is 32.2. The number of piperidine rings is 2. The van der Waals surface area contributed by atoms with E-state index in [-0.39, 0.29) is 35.6 Å². The summed E-state index contributed by atoms with van der Waals surface area (Å²) in [5.41, 5.74) is -1.25. The molecule has 1 aromatic carbocycles. The lowest BCUT2D eigenvalue weighted by atomic mass is 9.79. The smallest absolute Gasteiger partial charge is 0.251 e. The highest BCUT2D eigenvalue weighted by Gasteiger charge is 2.51. The van der Waals surface area contributed by atoms with Crippen molar-refractivity contribution >= 4 is 21.8 Å². The molecule has 8 nitrogen and oxygen atoms in total. The normalized spacial score (nSPS) is 22.2. The Bertz CT molecular complexity index is 1090. The van der Waals surface area contributed by atoms with Crippen molar-refractivity contribution in [2.24, 2.45) is 0 Å². The molecule has 37 heavy (non-hydrogen) atoms. The molecule has 2 aliphatic rings. The van der Waals surface area contributed by atoms with E-state index in [1.165, 1.54) is 34.6 Å². The molecule has 2 saturated heterocycles. The molecule has 1 aromatic rings. The number of sulfonamides is 1. The van der Waals surface area contributed by atoms with Crippen LogP contribution in [0.2, 0.25) is 0 Å². The van der Waals surface area contributed by atoms with Gasteiger partial charge in [0.2, 0.25) is 15.9 Å². The minimum absolute atomic E-state index is 0.0769. The van der Waals surface area contributed by atoms with E-state index < -0.39 is 27.0 Å². The molecule has 2 fully saturated rings. The summed E-state index contributed by atoms with van der Waals surface area (Å²) in [5.74, 6) is -3.26. The second kappa shape index (κ2) is 10.8. The van der Waals surface area contributed by atoms with Gasteiger partial charge in [0.05, 0.1) is 4.90 Å². The quantitative estimate of drug-likeness (QED) is 0.494. The van der Waals surface area contributed by atoms with E-state index in [4.69, 9.17) is 0 Å². The second-order valence-corrected chi connectivity index (χ2v) is 13.0. The fourth-order valence-electron chi connectivity index (χ4n) is 5.69. The van der Waals surface area contributed by atoms with E-state index in [9.17, 15) is 26.8 Å². The van der Waals surface area contributed by atoms with E-state index in [0.29, 0.717) is 44.6 Å². The number of nitrogens with zero attached hydrogens (tertiary/aromatic N) is 2. The summed E-state index contributed by atoms with van der Waals surface area (Å²) in [4.78, 5) is 26.4. The number of halogens is 2. The van der Waals surface area contributed by atoms with Crippen LogP contribution < -0.4 is 10.6 Å². The fraction of sp³-hybridized carbons (Fsp3) is 0.615. The Hall–Kier alpha value is -2.37. The fourth-order valence-corrected chi connectivity index (χ4v) is 7.83. The third-order valence-electron chi connectivity index (χ3n) is 7.08. The molecule has 0 bridgehead atoms. The van der Waals surface area contributed by atoms with E-state index in [1.54, 1.807) is 0 Å². The lowest BCUT2D eigenvalue weighted by Crippen LogP contribution is -2.65. The van der Waals surface area contributed by atoms with Crippen LogP contribution in [0.15, 0.2) is 41.8 Å². The van der Waals surface area contributed by atoms with Crippen LogP contribution in [-0.4, -0.2) is 78.7 Å². The van der Waals surface area contributed by atoms with Gasteiger partial charge in [0, 0.05) is 61.7 Å². The van der Waals surface area contributed by atoms with Crippen molar-refractivity contribution in [2.45, 2.75) is 81.3 Å². The largest absolute Gasteiger partial charge is 0.351 e. The zero-order valence-electron chi connectivity index (χ0n) is 22.0. The molecule has 0 unspecified atom stereocenters. The van der Waals surface area contributed by atoms with Crippen LogP contribution in [0.4, 0.5) is 8.78 Å². The minimum atomic E-state index is -3.92. The minimum Gasteiger partial charge on any atom is -0.351 e. The molecule has 2 heterocycles. The maximum Gasteiger partial charge on any atom is 0.251 e. The monoisotopic (exact) mass is 540 g/mol. The van der Waals surface area contributed by atoms with Gasteiger partial charge in [0.25, 0.3) is 11.8 Å². The molecule has 2 amide bonds. The number of benzene rings is 1. The van der Waals surface area contributed by atoms with Crippen LogP contribution in [0.25, 0.3) is 0 Å². The molecular formula is C26H38F2N4O4S. The van der Waals surface area contributed by atoms with Gasteiger partial charge in [-0.1, -0.05) is 6.58 Å². The van der Waals surface area contributed by atoms with Crippen molar-refractivity contribution in [1.29, 1.82) is 0 Å². The lowest BCUT2D eigenvalue weighted by molar-refractivity contribution is -0.118. The molecular weight excluding hydrogens is 502 g/mol. The Kier molecular flexibility index (Phi) is 8.51. The third kappa shape index (κ3) is 6.94. The van der Waals surface area contributed by atoms with Gasteiger partial charge in [-0.3, -0.25) is 9.59 Å². The van der Waals surface area contributed by atoms with Crippen molar-refractivity contribution in [3.63, 3.8) is 0 Å². The summed E-state index contributed by atoms with van der Waals surface area (Å²) in [6, 6.07) is 5.60. The topological polar surface area (TPSA) is 98.8 Å². The first kappa shape index (κ1) is 29.2. The Labute approximate surface area is 218 Å². The second-order valence-electron chi connectivity index (χ2n) is 11.2. The summed E-state index contributed by atoms with van der Waals surface area (Å²) >= 11 is 0. The Morgan fingerprint density at radius 1 is 1.05 bits per heavy atom. The number of amides is 2. The van der Waals surface area contributed by atoms with Gasteiger partial charge in [0.15, 0.2) is 0 Å². The van der Waals surface area contributed by atoms with Gasteiger partial charge in [-0.25, -0.2) is 17.2 Å². The predicted molar refractivity (Wildman–Crippen MR) is 138 cm³/mol. The van der Waals surface area contributed by atoms with Gasteiger partial charge in [0.1, 0.15) is 0 Å². The number of carbonyl (C=O) groups excluding carboxylic acids is 2. The maximum absolute atomic E-state index is 13.7. The number of nitrogens with one attached hydrogen (secondary N) is 2. The zero-order chi connectivity index (χ0) is 27.6. The SMILES string of the molecule is C=CC(=O)NC1CC(C)(C)N(S(=O)(=O)c2ccc(C(=O)NCCN3CCC(F)(F)CC3)cc2)C(C)(C)C1. The summed E-state index contributed by atoms with van der Waals surface area (Å²) in [7, 11) is -3.92. The molecule has 0 saturated carbocycles. The number of rotatable bonds is 8. The molecule has 0 atom stereocenters. The number of alkyl halides is 2. The van der Waals surface area contributed by atoms with Gasteiger partial charge < -0.3 is 15.5 Å². The van der Waals surface area contributed by atoms with Crippen molar-refractivity contribution in [3.05, 3.63) is 42.5 Å². The molecule has 0 aromatic heterocycles. The molecule has 0 radical (unpaired) electrons. The Morgan fingerprint density at radius 2 is 1.59 bits per heavy atom. The predicted octanol–water partition coefficient (Wildman–Crippen LogP) is 3.16. The summed E-state index contributed by atoms with van der Waals surface area (Å²) < 4.78 is 55.6. The van der Waals surface area contributed by atoms with Crippen LogP contribution in [0.1, 0.15) is 63.7 Å². The first-order valence-electron chi connectivity index (χ1n) is 12.5. The van der Waals surface area contributed by atoms with Gasteiger partial charge in [-0.2, -0.15) is 4.31 Å². The summed E-state index contributed by atoms with van der Waals surface area (Å²) in [6.07, 6.45) is 1.72. The summed E-state index contributed by atoms with van der Waals surface area (Å²) in [6.45, 7) is 12.2. The molecule has 0 spiro atoms. The van der Waals surface area contributed by atoms with Crippen LogP contribution in [0, 0.1) is 0 Å². The third-order valence-corrected chi connectivity index (χ3v) is 9.42. The average molecular weight is 541 g/mol. The van der Waals surface area contributed by atoms with Gasteiger partial charge in [-0.15, -0.1) is 0 Å². The molecule has 2 N–H and O–H groups in total. The van der Waals surface area contributed by atoms with Crippen LogP contribution in [0.5, 0.6) is 0 Å². The van der Waals surface area contributed by atoms with E-state index in [0.717, 1.165) is 0 Å². The standard InChI is InChI=1S/C26H38F2N4O4S/c1-6-22(33)30-20-17-24(2,3)32(25(4,5)18-20)37(35,36)21-9-7-19(8-10-21)23(34)29-13-16-31-14-11-26(27,28)12-15-31/h6-10,20H,1,11-18H2,2-5H3,(H,29,34)(H,30,33). The van der Waals surface area contributed by atoms with Crippen LogP contribution in [0.3, 0.4) is 0 Å².